The van der Waals surface area contributed by atoms with Gasteiger partial charge in [0.15, 0.2) is 11.0 Å². The first-order valence-electron chi connectivity index (χ1n) is 11.2. The Labute approximate surface area is 219 Å². The van der Waals surface area contributed by atoms with Gasteiger partial charge in [0.2, 0.25) is 0 Å². The molecule has 0 bridgehead atoms. The van der Waals surface area contributed by atoms with Gasteiger partial charge in [-0.2, -0.15) is 0 Å². The molecular formula is C27H25Cl2N3O2S. The Morgan fingerprint density at radius 2 is 1.83 bits per heavy atom. The lowest BCUT2D eigenvalue weighted by Gasteiger charge is -2.37. The molecule has 1 aliphatic rings. The first-order chi connectivity index (χ1) is 16.9. The number of halogens is 2. The van der Waals surface area contributed by atoms with Gasteiger partial charge >= 0.3 is 0 Å². The third-order valence-electron chi connectivity index (χ3n) is 6.29. The number of aromatic nitrogens is 1. The highest BCUT2D eigenvalue weighted by molar-refractivity contribution is 8.14. The van der Waals surface area contributed by atoms with Gasteiger partial charge in [0.1, 0.15) is 5.75 Å². The first-order valence-corrected chi connectivity index (χ1v) is 12.9. The minimum atomic E-state index is -0.193. The Morgan fingerprint density at radius 1 is 1.11 bits per heavy atom. The van der Waals surface area contributed by atoms with Crippen LogP contribution in [-0.4, -0.2) is 40.2 Å². The van der Waals surface area contributed by atoms with E-state index in [1.165, 1.54) is 17.3 Å². The van der Waals surface area contributed by atoms with Crippen molar-refractivity contribution in [3.05, 3.63) is 99.2 Å². The molecule has 0 saturated heterocycles. The summed E-state index contributed by atoms with van der Waals surface area (Å²) in [4.78, 5) is 18.3. The van der Waals surface area contributed by atoms with Crippen molar-refractivity contribution in [3.63, 3.8) is 0 Å². The van der Waals surface area contributed by atoms with E-state index in [1.807, 2.05) is 42.5 Å². The number of methoxy groups -OCH3 is 1. The molecule has 2 heterocycles. The number of ether oxygens (including phenoxy) is 1. The Kier molecular flexibility index (Phi) is 6.78. The number of nitrogens with zero attached hydrogens (tertiary/aromatic N) is 1. The molecule has 0 fully saturated rings. The molecule has 5 rings (SSSR count). The second-order valence-corrected chi connectivity index (χ2v) is 10.2. The fraction of sp³-hybridized carbons (Fsp3) is 0.185. The SMILES string of the molecule is COc1ccc(C2c3[nH]c4ccc(Cl)cc4c3CCN2C(=N)SCC(=O)c2ccc(Cl)cc2)cc1.[HH]. The molecule has 0 spiro atoms. The van der Waals surface area contributed by atoms with Crippen LogP contribution in [0.4, 0.5) is 0 Å². The van der Waals surface area contributed by atoms with Crippen LogP contribution in [0.25, 0.3) is 10.9 Å². The van der Waals surface area contributed by atoms with Crippen molar-refractivity contribution < 1.29 is 11.0 Å². The number of amidine groups is 1. The topological polar surface area (TPSA) is 69.2 Å². The number of H-pyrrole nitrogens is 1. The van der Waals surface area contributed by atoms with E-state index in [9.17, 15) is 4.79 Å². The summed E-state index contributed by atoms with van der Waals surface area (Å²) in [6.07, 6.45) is 0.774. The van der Waals surface area contributed by atoms with Gasteiger partial charge in [0.05, 0.1) is 18.9 Å². The fourth-order valence-corrected chi connectivity index (χ4v) is 5.64. The van der Waals surface area contributed by atoms with Crippen molar-refractivity contribution in [2.24, 2.45) is 0 Å². The number of rotatable bonds is 5. The first kappa shape index (κ1) is 23.8. The van der Waals surface area contributed by atoms with Crippen molar-refractivity contribution in [3.8, 4) is 5.75 Å². The third-order valence-corrected chi connectivity index (χ3v) is 7.69. The van der Waals surface area contributed by atoms with E-state index in [1.54, 1.807) is 31.4 Å². The summed E-state index contributed by atoms with van der Waals surface area (Å²) in [6.45, 7) is 0.657. The van der Waals surface area contributed by atoms with Crippen LogP contribution in [0.1, 0.15) is 34.6 Å². The maximum atomic E-state index is 12.7. The van der Waals surface area contributed by atoms with Gasteiger partial charge in [-0.3, -0.25) is 10.2 Å². The van der Waals surface area contributed by atoms with Gasteiger partial charge < -0.3 is 14.6 Å². The predicted octanol–water partition coefficient (Wildman–Crippen LogP) is 7.23. The normalized spacial score (nSPS) is 15.2. The van der Waals surface area contributed by atoms with Gasteiger partial charge in [0, 0.05) is 40.2 Å². The van der Waals surface area contributed by atoms with Gasteiger partial charge in [-0.25, -0.2) is 0 Å². The molecule has 1 atom stereocenters. The van der Waals surface area contributed by atoms with Crippen molar-refractivity contribution in [1.82, 2.24) is 9.88 Å². The number of carbonyl (C=O) groups is 1. The molecule has 0 saturated carbocycles. The molecule has 1 aromatic heterocycles. The van der Waals surface area contributed by atoms with Gasteiger partial charge in [-0.15, -0.1) is 0 Å². The number of benzene rings is 3. The zero-order chi connectivity index (χ0) is 24.5. The van der Waals surface area contributed by atoms with Crippen molar-refractivity contribution >= 4 is 56.8 Å². The zero-order valence-electron chi connectivity index (χ0n) is 19.0. The molecule has 1 unspecified atom stereocenters. The predicted molar refractivity (Wildman–Crippen MR) is 147 cm³/mol. The number of carbonyl (C=O) groups excluding carboxylic acids is 1. The van der Waals surface area contributed by atoms with Gasteiger partial charge in [-0.05, 0) is 72.1 Å². The molecular weight excluding hydrogens is 501 g/mol. The van der Waals surface area contributed by atoms with Crippen LogP contribution in [0.5, 0.6) is 5.75 Å². The number of fused-ring (bicyclic) bond motifs is 3. The average molecular weight is 526 g/mol. The Bertz CT molecular complexity index is 1410. The van der Waals surface area contributed by atoms with E-state index in [-0.39, 0.29) is 19.0 Å². The smallest absolute Gasteiger partial charge is 0.173 e. The lowest BCUT2D eigenvalue weighted by Crippen LogP contribution is -2.39. The summed E-state index contributed by atoms with van der Waals surface area (Å²) >= 11 is 13.5. The molecule has 4 aromatic rings. The maximum absolute atomic E-state index is 12.7. The summed E-state index contributed by atoms with van der Waals surface area (Å²) in [5.74, 6) is 0.926. The van der Waals surface area contributed by atoms with Gasteiger partial charge in [-0.1, -0.05) is 47.1 Å². The second-order valence-electron chi connectivity index (χ2n) is 8.35. The number of aromatic amines is 1. The highest BCUT2D eigenvalue weighted by Gasteiger charge is 2.33. The molecule has 2 N–H and O–H groups in total. The van der Waals surface area contributed by atoms with E-state index in [4.69, 9.17) is 33.3 Å². The minimum Gasteiger partial charge on any atom is -0.497 e. The van der Waals surface area contributed by atoms with E-state index in [2.05, 4.69) is 9.88 Å². The van der Waals surface area contributed by atoms with Gasteiger partial charge in [0.25, 0.3) is 0 Å². The summed E-state index contributed by atoms with van der Waals surface area (Å²) < 4.78 is 5.35. The summed E-state index contributed by atoms with van der Waals surface area (Å²) in [6, 6.07) is 20.5. The Hall–Kier alpha value is -2.93. The number of nitrogens with one attached hydrogen (secondary N) is 2. The highest BCUT2D eigenvalue weighted by atomic mass is 35.5. The van der Waals surface area contributed by atoms with E-state index >= 15 is 0 Å². The maximum Gasteiger partial charge on any atom is 0.173 e. The van der Waals surface area contributed by atoms with E-state index in [0.717, 1.165) is 34.3 Å². The molecule has 0 aliphatic carbocycles. The molecule has 8 heteroatoms. The van der Waals surface area contributed by atoms with Crippen LogP contribution in [0.2, 0.25) is 10.0 Å². The Morgan fingerprint density at radius 3 is 2.54 bits per heavy atom. The second kappa shape index (κ2) is 9.97. The molecule has 0 amide bonds. The Balaban J connectivity index is 0.00000304. The molecule has 5 nitrogen and oxygen atoms in total. The van der Waals surface area contributed by atoms with Crippen LogP contribution in [-0.2, 0) is 6.42 Å². The number of ketones is 1. The summed E-state index contributed by atoms with van der Waals surface area (Å²) in [5, 5.41) is 11.7. The number of hydrogen-bond acceptors (Lipinski definition) is 4. The van der Waals surface area contributed by atoms with Crippen LogP contribution < -0.4 is 4.74 Å². The molecule has 180 valence electrons. The van der Waals surface area contributed by atoms with Crippen molar-refractivity contribution in [2.75, 3.05) is 19.4 Å². The largest absolute Gasteiger partial charge is 0.497 e. The molecule has 0 radical (unpaired) electrons. The van der Waals surface area contributed by atoms with E-state index in [0.29, 0.717) is 27.3 Å². The zero-order valence-corrected chi connectivity index (χ0v) is 21.3. The average Bonchev–Trinajstić information content (AvgIpc) is 3.24. The quantitative estimate of drug-likeness (QED) is 0.164. The number of Topliss-reactive ketones (excluding diaryl/α,β-unsaturated/α-hetero) is 1. The lowest BCUT2D eigenvalue weighted by molar-refractivity contribution is 0.102. The molecule has 35 heavy (non-hydrogen) atoms. The van der Waals surface area contributed by atoms with Crippen LogP contribution in [0.3, 0.4) is 0 Å². The number of hydrogen-bond donors (Lipinski definition) is 2. The third kappa shape index (κ3) is 4.79. The molecule has 3 aromatic carbocycles. The lowest BCUT2D eigenvalue weighted by atomic mass is 9.93. The van der Waals surface area contributed by atoms with Crippen molar-refractivity contribution in [1.29, 1.82) is 5.41 Å². The highest BCUT2D eigenvalue weighted by Crippen LogP contribution is 2.40. The van der Waals surface area contributed by atoms with Crippen LogP contribution in [0.15, 0.2) is 66.7 Å². The monoisotopic (exact) mass is 525 g/mol. The van der Waals surface area contributed by atoms with Crippen molar-refractivity contribution in [2.45, 2.75) is 12.5 Å². The van der Waals surface area contributed by atoms with Crippen LogP contribution in [0, 0.1) is 5.41 Å². The molecule has 1 aliphatic heterocycles. The minimum absolute atomic E-state index is 0. The van der Waals surface area contributed by atoms with Crippen LogP contribution >= 0.6 is 35.0 Å². The standard InChI is InChI=1S/C27H23Cl2N3O2S.H2/c1-34-20-9-4-17(5-10-20)26-25-21(22-14-19(29)8-11-23(22)31-25)12-13-32(26)27(30)35-15-24(33)16-2-6-18(28)7-3-16;/h2-11,14,26,30-31H,12-13,15H2,1H3;1H. The summed E-state index contributed by atoms with van der Waals surface area (Å²) in [5.41, 5.74) is 4.92. The fourth-order valence-electron chi connectivity index (χ4n) is 4.55. The summed E-state index contributed by atoms with van der Waals surface area (Å²) in [7, 11) is 1.64. The van der Waals surface area contributed by atoms with E-state index < -0.39 is 0 Å². The number of thioether (sulfide) groups is 1.